The molecule has 1 fully saturated rings. The van der Waals surface area contributed by atoms with Gasteiger partial charge in [0.05, 0.1) is 15.1 Å². The van der Waals surface area contributed by atoms with Gasteiger partial charge in [0.1, 0.15) is 0 Å². The van der Waals surface area contributed by atoms with Crippen LogP contribution in [0.3, 0.4) is 0 Å². The highest BCUT2D eigenvalue weighted by Gasteiger charge is 2.31. The summed E-state index contributed by atoms with van der Waals surface area (Å²) in [5, 5.41) is 5.90. The van der Waals surface area contributed by atoms with Crippen molar-refractivity contribution in [3.8, 4) is 0 Å². The molecule has 4 rings (SSSR count). The third-order valence-corrected chi connectivity index (χ3v) is 8.30. The second-order valence-corrected chi connectivity index (χ2v) is 11.6. The lowest BCUT2D eigenvalue weighted by atomic mass is 9.94. The number of amides is 2. The first-order valence-electron chi connectivity index (χ1n) is 10.7. The Kier molecular flexibility index (Phi) is 6.51. The Morgan fingerprint density at radius 2 is 1.70 bits per heavy atom. The van der Waals surface area contributed by atoms with Crippen molar-refractivity contribution in [2.24, 2.45) is 11.8 Å². The topological polar surface area (TPSA) is 108 Å². The number of nitrogens with one attached hydrogen (secondary N) is 2. The minimum absolute atomic E-state index is 0.165. The maximum atomic E-state index is 13.0. The van der Waals surface area contributed by atoms with Crippen molar-refractivity contribution in [1.29, 1.82) is 0 Å². The second-order valence-electron chi connectivity index (χ2n) is 8.63. The highest BCUT2D eigenvalue weighted by molar-refractivity contribution is 7.89. The predicted molar refractivity (Wildman–Crippen MR) is 130 cm³/mol. The van der Waals surface area contributed by atoms with Gasteiger partial charge in [-0.25, -0.2) is 13.4 Å². The largest absolute Gasteiger partial charge is 0.326 e. The van der Waals surface area contributed by atoms with Crippen LogP contribution < -0.4 is 10.6 Å². The Balaban J connectivity index is 1.48. The minimum atomic E-state index is -3.60. The van der Waals surface area contributed by atoms with Gasteiger partial charge in [-0.3, -0.25) is 14.9 Å². The molecule has 1 saturated heterocycles. The van der Waals surface area contributed by atoms with Crippen molar-refractivity contribution in [1.82, 2.24) is 9.29 Å². The van der Waals surface area contributed by atoms with Crippen LogP contribution >= 0.6 is 11.3 Å². The lowest BCUT2D eigenvalue weighted by Crippen LogP contribution is -2.42. The number of thiazole rings is 1. The number of rotatable bonds is 5. The third-order valence-electron chi connectivity index (χ3n) is 5.52. The average molecular weight is 487 g/mol. The zero-order chi connectivity index (χ0) is 23.8. The Bertz CT molecular complexity index is 1290. The molecule has 2 aromatic carbocycles. The van der Waals surface area contributed by atoms with Crippen LogP contribution in [0, 0.1) is 11.8 Å². The van der Waals surface area contributed by atoms with Crippen molar-refractivity contribution in [2.75, 3.05) is 23.7 Å². The molecule has 2 amide bonds. The van der Waals surface area contributed by atoms with Gasteiger partial charge in [0.25, 0.3) is 5.91 Å². The van der Waals surface area contributed by atoms with Crippen LogP contribution in [0.4, 0.5) is 10.8 Å². The highest BCUT2D eigenvalue weighted by atomic mass is 32.2. The summed E-state index contributed by atoms with van der Waals surface area (Å²) >= 11 is 1.29. The summed E-state index contributed by atoms with van der Waals surface area (Å²) in [6, 6.07) is 11.3. The molecule has 0 unspecified atom stereocenters. The summed E-state index contributed by atoms with van der Waals surface area (Å²) < 4.78 is 28.4. The van der Waals surface area contributed by atoms with E-state index in [1.54, 1.807) is 18.2 Å². The van der Waals surface area contributed by atoms with E-state index in [1.807, 2.05) is 0 Å². The SMILES string of the molecule is CC(=O)Nc1ccc2nc(NC(=O)c3ccc(S(=O)(=O)N4C[C@H](C)C[C@@H](C)C4)cc3)sc2c1. The van der Waals surface area contributed by atoms with Crippen LogP contribution in [0.5, 0.6) is 0 Å². The summed E-state index contributed by atoms with van der Waals surface area (Å²) in [5.41, 5.74) is 1.70. The van der Waals surface area contributed by atoms with E-state index >= 15 is 0 Å². The molecule has 0 saturated carbocycles. The summed E-state index contributed by atoms with van der Waals surface area (Å²) in [6.07, 6.45) is 1.02. The number of benzene rings is 2. The standard InChI is InChI=1S/C23H26N4O4S2/c1-14-10-15(2)13-27(12-14)33(30,31)19-7-4-17(5-8-19)22(29)26-23-25-20-9-6-18(24-16(3)28)11-21(20)32-23/h4-9,11,14-15H,10,12-13H2,1-3H3,(H,24,28)(H,25,26,29)/t14-,15-/m1/s1. The summed E-state index contributed by atoms with van der Waals surface area (Å²) in [6.45, 7) is 6.58. The maximum Gasteiger partial charge on any atom is 0.257 e. The first-order valence-corrected chi connectivity index (χ1v) is 13.0. The minimum Gasteiger partial charge on any atom is -0.326 e. The molecular weight excluding hydrogens is 460 g/mol. The molecule has 2 atom stereocenters. The van der Waals surface area contributed by atoms with E-state index < -0.39 is 10.0 Å². The third kappa shape index (κ3) is 5.23. The smallest absolute Gasteiger partial charge is 0.257 e. The van der Waals surface area contributed by atoms with E-state index in [9.17, 15) is 18.0 Å². The lowest BCUT2D eigenvalue weighted by molar-refractivity contribution is -0.114. The van der Waals surface area contributed by atoms with Crippen molar-refractivity contribution < 1.29 is 18.0 Å². The fraction of sp³-hybridized carbons (Fsp3) is 0.348. The van der Waals surface area contributed by atoms with Crippen molar-refractivity contribution in [3.63, 3.8) is 0 Å². The van der Waals surface area contributed by atoms with Gasteiger partial charge in [-0.1, -0.05) is 25.2 Å². The van der Waals surface area contributed by atoms with Crippen molar-refractivity contribution >= 4 is 54.2 Å². The van der Waals surface area contributed by atoms with Gasteiger partial charge in [0.2, 0.25) is 15.9 Å². The molecular formula is C23H26N4O4S2. The lowest BCUT2D eigenvalue weighted by Gasteiger charge is -2.34. The van der Waals surface area contributed by atoms with E-state index in [2.05, 4.69) is 29.5 Å². The van der Waals surface area contributed by atoms with E-state index in [4.69, 9.17) is 0 Å². The van der Waals surface area contributed by atoms with Gasteiger partial charge in [-0.05, 0) is 60.7 Å². The van der Waals surface area contributed by atoms with Gasteiger partial charge >= 0.3 is 0 Å². The monoisotopic (exact) mass is 486 g/mol. The van der Waals surface area contributed by atoms with Crippen molar-refractivity contribution in [3.05, 3.63) is 48.0 Å². The molecule has 174 valence electrons. The van der Waals surface area contributed by atoms with Crippen molar-refractivity contribution in [2.45, 2.75) is 32.1 Å². The number of carbonyl (C=O) groups is 2. The molecule has 1 aliphatic rings. The molecule has 0 spiro atoms. The van der Waals surface area contributed by atoms with Gasteiger partial charge in [-0.15, -0.1) is 0 Å². The predicted octanol–water partition coefficient (Wildman–Crippen LogP) is 4.17. The van der Waals surface area contributed by atoms with E-state index in [1.165, 1.54) is 46.8 Å². The molecule has 2 N–H and O–H groups in total. The van der Waals surface area contributed by atoms with Gasteiger partial charge in [-0.2, -0.15) is 4.31 Å². The number of sulfonamides is 1. The summed E-state index contributed by atoms with van der Waals surface area (Å²) in [5.74, 6) is 0.0934. The Morgan fingerprint density at radius 3 is 2.33 bits per heavy atom. The fourth-order valence-electron chi connectivity index (χ4n) is 4.16. The van der Waals surface area contributed by atoms with Gasteiger partial charge in [0, 0.05) is 31.3 Å². The first kappa shape index (κ1) is 23.3. The fourth-order valence-corrected chi connectivity index (χ4v) is 6.74. The molecule has 0 bridgehead atoms. The average Bonchev–Trinajstić information content (AvgIpc) is 3.14. The van der Waals surface area contributed by atoms with E-state index in [0.717, 1.165) is 11.1 Å². The van der Waals surface area contributed by atoms with Crippen LogP contribution in [-0.4, -0.2) is 42.6 Å². The molecule has 1 aromatic heterocycles. The van der Waals surface area contributed by atoms with E-state index in [0.29, 0.717) is 46.8 Å². The zero-order valence-corrected chi connectivity index (χ0v) is 20.3. The van der Waals surface area contributed by atoms with Crippen LogP contribution in [0.25, 0.3) is 10.2 Å². The Labute approximate surface area is 197 Å². The number of nitrogens with zero attached hydrogens (tertiary/aromatic N) is 2. The molecule has 3 aromatic rings. The molecule has 10 heteroatoms. The number of aromatic nitrogens is 1. The molecule has 0 aliphatic carbocycles. The van der Waals surface area contributed by atoms with E-state index in [-0.39, 0.29) is 16.7 Å². The quantitative estimate of drug-likeness (QED) is 0.563. The number of hydrogen-bond donors (Lipinski definition) is 2. The Hall–Kier alpha value is -2.82. The highest BCUT2D eigenvalue weighted by Crippen LogP contribution is 2.29. The number of carbonyl (C=O) groups excluding carboxylic acids is 2. The van der Waals surface area contributed by atoms with Crippen LogP contribution in [0.2, 0.25) is 0 Å². The number of hydrogen-bond acceptors (Lipinski definition) is 6. The number of piperidine rings is 1. The molecule has 33 heavy (non-hydrogen) atoms. The Morgan fingerprint density at radius 1 is 1.03 bits per heavy atom. The number of anilines is 2. The normalized spacial score (nSPS) is 19.4. The van der Waals surface area contributed by atoms with Gasteiger partial charge < -0.3 is 5.32 Å². The van der Waals surface area contributed by atoms with Crippen LogP contribution in [0.1, 0.15) is 37.6 Å². The van der Waals surface area contributed by atoms with Crippen LogP contribution in [0.15, 0.2) is 47.4 Å². The summed E-state index contributed by atoms with van der Waals surface area (Å²) in [4.78, 5) is 28.5. The van der Waals surface area contributed by atoms with Gasteiger partial charge in [0.15, 0.2) is 5.13 Å². The van der Waals surface area contributed by atoms with Crippen LogP contribution in [-0.2, 0) is 14.8 Å². The molecule has 1 aliphatic heterocycles. The second kappa shape index (κ2) is 9.20. The molecule has 2 heterocycles. The summed E-state index contributed by atoms with van der Waals surface area (Å²) in [7, 11) is -3.60. The zero-order valence-electron chi connectivity index (χ0n) is 18.7. The molecule has 8 nitrogen and oxygen atoms in total. The molecule has 0 radical (unpaired) electrons. The number of fused-ring (bicyclic) bond motifs is 1. The first-order chi connectivity index (χ1) is 15.6. The maximum absolute atomic E-state index is 13.0.